The summed E-state index contributed by atoms with van der Waals surface area (Å²) in [7, 11) is 0. The van der Waals surface area contributed by atoms with E-state index >= 15 is 0 Å². The summed E-state index contributed by atoms with van der Waals surface area (Å²) in [6.07, 6.45) is -1.95. The van der Waals surface area contributed by atoms with Gasteiger partial charge in [-0.3, -0.25) is 4.79 Å². The number of nitrogens with one attached hydrogen (secondary N) is 1. The SMILES string of the molecule is Cc1ccc(C)n1-c1ccc(C(=O)Nc2cc(C(F)(F)F)ccc2-n2cncn2)cc1. The van der Waals surface area contributed by atoms with Crippen LogP contribution in [0, 0.1) is 13.8 Å². The van der Waals surface area contributed by atoms with E-state index < -0.39 is 17.6 Å². The third kappa shape index (κ3) is 4.07. The number of benzene rings is 2. The van der Waals surface area contributed by atoms with Gasteiger partial charge >= 0.3 is 6.18 Å². The number of anilines is 1. The summed E-state index contributed by atoms with van der Waals surface area (Å²) in [6, 6.07) is 13.9. The van der Waals surface area contributed by atoms with Crippen LogP contribution in [0.3, 0.4) is 0 Å². The van der Waals surface area contributed by atoms with Crippen molar-refractivity contribution in [1.29, 1.82) is 0 Å². The van der Waals surface area contributed by atoms with Crippen molar-refractivity contribution in [3.63, 3.8) is 0 Å². The first-order valence-corrected chi connectivity index (χ1v) is 9.37. The van der Waals surface area contributed by atoms with Crippen molar-refractivity contribution >= 4 is 11.6 Å². The standard InChI is InChI=1S/C22H18F3N5O/c1-14-3-4-15(2)30(14)18-8-5-16(6-9-18)21(31)28-19-11-17(22(23,24)25)7-10-20(19)29-13-26-12-27-29/h3-13H,1-2H3,(H,28,31). The third-order valence-corrected chi connectivity index (χ3v) is 4.90. The number of rotatable bonds is 4. The molecule has 0 unspecified atom stereocenters. The van der Waals surface area contributed by atoms with Crippen molar-refractivity contribution in [1.82, 2.24) is 19.3 Å². The zero-order chi connectivity index (χ0) is 22.2. The molecule has 2 aromatic heterocycles. The minimum Gasteiger partial charge on any atom is -0.320 e. The highest BCUT2D eigenvalue weighted by molar-refractivity contribution is 6.05. The molecule has 158 valence electrons. The molecule has 0 radical (unpaired) electrons. The number of hydrogen-bond acceptors (Lipinski definition) is 3. The second kappa shape index (κ2) is 7.75. The summed E-state index contributed by atoms with van der Waals surface area (Å²) in [5, 5.41) is 6.52. The van der Waals surface area contributed by atoms with Gasteiger partial charge in [0.25, 0.3) is 5.91 Å². The van der Waals surface area contributed by atoms with Crippen molar-refractivity contribution in [2.45, 2.75) is 20.0 Å². The van der Waals surface area contributed by atoms with E-state index in [1.807, 2.05) is 30.5 Å². The molecule has 0 bridgehead atoms. The molecule has 0 aliphatic rings. The zero-order valence-electron chi connectivity index (χ0n) is 16.7. The second-order valence-corrected chi connectivity index (χ2v) is 7.02. The van der Waals surface area contributed by atoms with E-state index in [0.717, 1.165) is 29.2 Å². The summed E-state index contributed by atoms with van der Waals surface area (Å²) in [4.78, 5) is 16.6. The highest BCUT2D eigenvalue weighted by Gasteiger charge is 2.31. The summed E-state index contributed by atoms with van der Waals surface area (Å²) in [6.45, 7) is 3.96. The largest absolute Gasteiger partial charge is 0.416 e. The van der Waals surface area contributed by atoms with E-state index in [1.165, 1.54) is 23.4 Å². The topological polar surface area (TPSA) is 64.7 Å². The summed E-state index contributed by atoms with van der Waals surface area (Å²) in [5.41, 5.74) is 2.68. The quantitative estimate of drug-likeness (QED) is 0.503. The minimum absolute atomic E-state index is 0.0218. The molecular formula is C22H18F3N5O. The average Bonchev–Trinajstić information content (AvgIpc) is 3.37. The van der Waals surface area contributed by atoms with E-state index in [9.17, 15) is 18.0 Å². The van der Waals surface area contributed by atoms with E-state index in [0.29, 0.717) is 5.56 Å². The Labute approximate surface area is 176 Å². The van der Waals surface area contributed by atoms with Crippen molar-refractivity contribution in [3.8, 4) is 11.4 Å². The predicted octanol–water partition coefficient (Wildman–Crippen LogP) is 4.95. The maximum absolute atomic E-state index is 13.2. The molecule has 2 heterocycles. The molecule has 6 nitrogen and oxygen atoms in total. The maximum atomic E-state index is 13.2. The molecule has 4 aromatic rings. The molecule has 0 saturated carbocycles. The van der Waals surface area contributed by atoms with Crippen molar-refractivity contribution in [2.75, 3.05) is 5.32 Å². The number of hydrogen-bond donors (Lipinski definition) is 1. The van der Waals surface area contributed by atoms with Crippen LogP contribution in [0.15, 0.2) is 67.3 Å². The average molecular weight is 425 g/mol. The molecule has 4 rings (SSSR count). The van der Waals surface area contributed by atoms with Gasteiger partial charge in [-0.2, -0.15) is 18.3 Å². The lowest BCUT2D eigenvalue weighted by atomic mass is 10.1. The van der Waals surface area contributed by atoms with Crippen molar-refractivity contribution in [3.05, 3.63) is 89.8 Å². The fraction of sp³-hybridized carbons (Fsp3) is 0.136. The number of alkyl halides is 3. The number of halogens is 3. The maximum Gasteiger partial charge on any atom is 0.416 e. The van der Waals surface area contributed by atoms with Gasteiger partial charge in [-0.05, 0) is 68.4 Å². The summed E-state index contributed by atoms with van der Waals surface area (Å²) in [5.74, 6) is -0.534. The van der Waals surface area contributed by atoms with E-state index in [1.54, 1.807) is 24.3 Å². The van der Waals surface area contributed by atoms with Gasteiger partial charge in [0, 0.05) is 22.6 Å². The van der Waals surface area contributed by atoms with Gasteiger partial charge < -0.3 is 9.88 Å². The molecular weight excluding hydrogens is 407 g/mol. The molecule has 31 heavy (non-hydrogen) atoms. The normalized spacial score (nSPS) is 11.5. The molecule has 0 atom stereocenters. The Balaban J connectivity index is 1.65. The molecule has 0 spiro atoms. The van der Waals surface area contributed by atoms with Gasteiger partial charge in [0.15, 0.2) is 0 Å². The Bertz CT molecular complexity index is 1210. The third-order valence-electron chi connectivity index (χ3n) is 4.90. The molecule has 0 saturated heterocycles. The van der Waals surface area contributed by atoms with Gasteiger partial charge in [0.1, 0.15) is 12.7 Å². The molecule has 9 heteroatoms. The number of carbonyl (C=O) groups is 1. The van der Waals surface area contributed by atoms with Gasteiger partial charge in [0.05, 0.1) is 16.9 Å². The Morgan fingerprint density at radius 1 is 0.968 bits per heavy atom. The number of amides is 1. The van der Waals surface area contributed by atoms with Crippen LogP contribution in [-0.4, -0.2) is 25.2 Å². The monoisotopic (exact) mass is 425 g/mol. The van der Waals surface area contributed by atoms with Crippen molar-refractivity contribution < 1.29 is 18.0 Å². The lowest BCUT2D eigenvalue weighted by molar-refractivity contribution is -0.137. The van der Waals surface area contributed by atoms with Crippen LogP contribution in [0.25, 0.3) is 11.4 Å². The van der Waals surface area contributed by atoms with Crippen LogP contribution in [0.2, 0.25) is 0 Å². The second-order valence-electron chi connectivity index (χ2n) is 7.02. The first-order chi connectivity index (χ1) is 14.7. The Kier molecular flexibility index (Phi) is 5.10. The van der Waals surface area contributed by atoms with E-state index in [-0.39, 0.29) is 11.4 Å². The number of carbonyl (C=O) groups excluding carboxylic acids is 1. The summed E-state index contributed by atoms with van der Waals surface area (Å²) >= 11 is 0. The number of nitrogens with zero attached hydrogens (tertiary/aromatic N) is 4. The van der Waals surface area contributed by atoms with Crippen LogP contribution in [0.5, 0.6) is 0 Å². The van der Waals surface area contributed by atoms with Crippen LogP contribution in [0.4, 0.5) is 18.9 Å². The first kappa shape index (κ1) is 20.4. The Hall–Kier alpha value is -3.88. The fourth-order valence-electron chi connectivity index (χ4n) is 3.38. The van der Waals surface area contributed by atoms with Gasteiger partial charge in [0.2, 0.25) is 0 Å². The molecule has 2 aromatic carbocycles. The Morgan fingerprint density at radius 3 is 2.23 bits per heavy atom. The van der Waals surface area contributed by atoms with Crippen LogP contribution in [-0.2, 0) is 6.18 Å². The number of aromatic nitrogens is 4. The van der Waals surface area contributed by atoms with Gasteiger partial charge in [-0.15, -0.1) is 0 Å². The molecule has 0 aliphatic carbocycles. The van der Waals surface area contributed by atoms with Gasteiger partial charge in [-0.1, -0.05) is 0 Å². The lowest BCUT2D eigenvalue weighted by Crippen LogP contribution is -2.16. The number of aryl methyl sites for hydroxylation is 2. The molecule has 0 aliphatic heterocycles. The lowest BCUT2D eigenvalue weighted by Gasteiger charge is -2.15. The van der Waals surface area contributed by atoms with E-state index in [2.05, 4.69) is 15.4 Å². The minimum atomic E-state index is -4.55. The van der Waals surface area contributed by atoms with Crippen molar-refractivity contribution in [2.24, 2.45) is 0 Å². The predicted molar refractivity (Wildman–Crippen MR) is 110 cm³/mol. The van der Waals surface area contributed by atoms with E-state index in [4.69, 9.17) is 0 Å². The smallest absolute Gasteiger partial charge is 0.320 e. The highest BCUT2D eigenvalue weighted by Crippen LogP contribution is 2.33. The zero-order valence-corrected chi connectivity index (χ0v) is 16.7. The highest BCUT2D eigenvalue weighted by atomic mass is 19.4. The van der Waals surface area contributed by atoms with Crippen LogP contribution >= 0.6 is 0 Å². The van der Waals surface area contributed by atoms with Gasteiger partial charge in [-0.25, -0.2) is 9.67 Å². The van der Waals surface area contributed by atoms with Crippen LogP contribution < -0.4 is 5.32 Å². The summed E-state index contributed by atoms with van der Waals surface area (Å²) < 4.78 is 42.9. The molecule has 1 amide bonds. The fourth-order valence-corrected chi connectivity index (χ4v) is 3.38. The Morgan fingerprint density at radius 2 is 1.65 bits per heavy atom. The first-order valence-electron chi connectivity index (χ1n) is 9.37. The molecule has 1 N–H and O–H groups in total. The van der Waals surface area contributed by atoms with Crippen LogP contribution in [0.1, 0.15) is 27.3 Å². The molecule has 0 fully saturated rings.